The van der Waals surface area contributed by atoms with E-state index in [1.807, 2.05) is 0 Å². The first-order chi connectivity index (χ1) is 11.2. The molecule has 1 fully saturated rings. The Hall–Kier alpha value is -1.92. The van der Waals surface area contributed by atoms with Crippen LogP contribution in [0.1, 0.15) is 36.2 Å². The molecular weight excluding hydrogens is 316 g/mol. The van der Waals surface area contributed by atoms with Crippen molar-refractivity contribution in [2.45, 2.75) is 37.8 Å². The molecule has 0 aromatic carbocycles. The van der Waals surface area contributed by atoms with Crippen molar-refractivity contribution >= 4 is 17.5 Å². The Balaban J connectivity index is 1.71. The van der Waals surface area contributed by atoms with E-state index in [2.05, 4.69) is 15.3 Å². The van der Waals surface area contributed by atoms with Crippen LogP contribution in [0.4, 0.5) is 0 Å². The average Bonchev–Trinajstić information content (AvgIpc) is 3.10. The zero-order chi connectivity index (χ0) is 16.2. The minimum absolute atomic E-state index is 0.142. The van der Waals surface area contributed by atoms with E-state index in [9.17, 15) is 4.79 Å². The largest absolute Gasteiger partial charge is 0.381 e. The number of methoxy groups -OCH3 is 1. The molecule has 1 aliphatic rings. The number of nitrogens with zero attached hydrogens (tertiary/aromatic N) is 3. The highest BCUT2D eigenvalue weighted by molar-refractivity contribution is 6.33. The van der Waals surface area contributed by atoms with Crippen LogP contribution < -0.4 is 5.32 Å². The molecule has 2 aromatic heterocycles. The Labute approximate surface area is 139 Å². The van der Waals surface area contributed by atoms with Gasteiger partial charge in [0.15, 0.2) is 0 Å². The fourth-order valence-corrected chi connectivity index (χ4v) is 3.02. The fraction of sp³-hybridized carbons (Fsp3) is 0.438. The van der Waals surface area contributed by atoms with Crippen molar-refractivity contribution in [1.82, 2.24) is 19.9 Å². The summed E-state index contributed by atoms with van der Waals surface area (Å²) in [6, 6.07) is 3.58. The van der Waals surface area contributed by atoms with E-state index in [-0.39, 0.29) is 17.6 Å². The van der Waals surface area contributed by atoms with E-state index in [4.69, 9.17) is 16.3 Å². The summed E-state index contributed by atoms with van der Waals surface area (Å²) in [5.41, 5.74) is 0.242. The molecule has 7 heteroatoms. The monoisotopic (exact) mass is 334 g/mol. The Bertz CT molecular complexity index is 667. The second-order valence-corrected chi connectivity index (χ2v) is 6.06. The molecule has 6 nitrogen and oxygen atoms in total. The maximum Gasteiger partial charge on any atom is 0.271 e. The molecule has 122 valence electrons. The number of pyridine rings is 1. The molecule has 0 radical (unpaired) electrons. The van der Waals surface area contributed by atoms with Crippen LogP contribution in [0.15, 0.2) is 30.9 Å². The SMILES string of the molecule is COC1CCC(NC(=O)c2nc(-n3ccnc3)ccc2Cl)CC1. The lowest BCUT2D eigenvalue weighted by Crippen LogP contribution is -2.39. The third-order valence-electron chi connectivity index (χ3n) is 4.16. The van der Waals surface area contributed by atoms with Gasteiger partial charge in [0.2, 0.25) is 0 Å². The van der Waals surface area contributed by atoms with E-state index in [0.717, 1.165) is 25.7 Å². The molecular formula is C16H19ClN4O2. The van der Waals surface area contributed by atoms with Crippen molar-refractivity contribution in [2.75, 3.05) is 7.11 Å². The van der Waals surface area contributed by atoms with Crippen molar-refractivity contribution in [2.24, 2.45) is 0 Å². The van der Waals surface area contributed by atoms with Crippen molar-refractivity contribution in [1.29, 1.82) is 0 Å². The smallest absolute Gasteiger partial charge is 0.271 e. The first-order valence-electron chi connectivity index (χ1n) is 7.66. The molecule has 0 aliphatic heterocycles. The topological polar surface area (TPSA) is 69.0 Å². The molecule has 1 saturated carbocycles. The molecule has 2 heterocycles. The molecule has 0 atom stereocenters. The van der Waals surface area contributed by atoms with Crippen LogP contribution in [-0.2, 0) is 4.74 Å². The number of amides is 1. The number of carbonyl (C=O) groups is 1. The number of aromatic nitrogens is 3. The minimum atomic E-state index is -0.238. The molecule has 1 N–H and O–H groups in total. The van der Waals surface area contributed by atoms with E-state index < -0.39 is 0 Å². The Kier molecular flexibility index (Phi) is 4.93. The van der Waals surface area contributed by atoms with E-state index in [1.54, 1.807) is 42.5 Å². The fourth-order valence-electron chi connectivity index (χ4n) is 2.83. The molecule has 0 unspecified atom stereocenters. The lowest BCUT2D eigenvalue weighted by atomic mass is 9.93. The number of halogens is 1. The number of ether oxygens (including phenoxy) is 1. The van der Waals surface area contributed by atoms with E-state index >= 15 is 0 Å². The Morgan fingerprint density at radius 1 is 1.35 bits per heavy atom. The van der Waals surface area contributed by atoms with Crippen molar-refractivity contribution < 1.29 is 9.53 Å². The van der Waals surface area contributed by atoms with Crippen LogP contribution in [-0.4, -0.2) is 39.7 Å². The molecule has 3 rings (SSSR count). The number of nitrogens with one attached hydrogen (secondary N) is 1. The number of hydrogen-bond acceptors (Lipinski definition) is 4. The summed E-state index contributed by atoms with van der Waals surface area (Å²) in [7, 11) is 1.73. The zero-order valence-electron chi connectivity index (χ0n) is 12.9. The van der Waals surface area contributed by atoms with Gasteiger partial charge < -0.3 is 10.1 Å². The number of rotatable bonds is 4. The van der Waals surface area contributed by atoms with Crippen molar-refractivity contribution in [3.8, 4) is 5.82 Å². The molecule has 23 heavy (non-hydrogen) atoms. The van der Waals surface area contributed by atoms with Gasteiger partial charge in [-0.2, -0.15) is 0 Å². The van der Waals surface area contributed by atoms with Crippen LogP contribution in [0.25, 0.3) is 5.82 Å². The summed E-state index contributed by atoms with van der Waals surface area (Å²) >= 11 is 6.15. The third-order valence-corrected chi connectivity index (χ3v) is 4.46. The maximum absolute atomic E-state index is 12.5. The summed E-state index contributed by atoms with van der Waals surface area (Å²) in [4.78, 5) is 20.8. The van der Waals surface area contributed by atoms with Gasteiger partial charge in [-0.05, 0) is 37.8 Å². The Morgan fingerprint density at radius 3 is 2.78 bits per heavy atom. The number of hydrogen-bond donors (Lipinski definition) is 1. The van der Waals surface area contributed by atoms with Gasteiger partial charge in [-0.3, -0.25) is 9.36 Å². The highest BCUT2D eigenvalue weighted by atomic mass is 35.5. The third kappa shape index (κ3) is 3.71. The van der Waals surface area contributed by atoms with Gasteiger partial charge >= 0.3 is 0 Å². The van der Waals surface area contributed by atoms with Crippen LogP contribution in [0.2, 0.25) is 5.02 Å². The van der Waals surface area contributed by atoms with Crippen LogP contribution in [0.3, 0.4) is 0 Å². The lowest BCUT2D eigenvalue weighted by molar-refractivity contribution is 0.0598. The van der Waals surface area contributed by atoms with Gasteiger partial charge in [-0.25, -0.2) is 9.97 Å². The minimum Gasteiger partial charge on any atom is -0.381 e. The van der Waals surface area contributed by atoms with Gasteiger partial charge in [-0.15, -0.1) is 0 Å². The second kappa shape index (κ2) is 7.10. The molecule has 0 bridgehead atoms. The van der Waals surface area contributed by atoms with Crippen LogP contribution in [0.5, 0.6) is 0 Å². The Morgan fingerprint density at radius 2 is 2.13 bits per heavy atom. The first-order valence-corrected chi connectivity index (χ1v) is 8.03. The first kappa shape index (κ1) is 16.0. The van der Waals surface area contributed by atoms with Gasteiger partial charge in [0.05, 0.1) is 11.1 Å². The summed E-state index contributed by atoms with van der Waals surface area (Å²) < 4.78 is 7.08. The summed E-state index contributed by atoms with van der Waals surface area (Å²) in [5, 5.41) is 3.37. The molecule has 2 aromatic rings. The van der Waals surface area contributed by atoms with E-state index in [1.165, 1.54) is 0 Å². The van der Waals surface area contributed by atoms with Crippen LogP contribution >= 0.6 is 11.6 Å². The number of imidazole rings is 1. The molecule has 1 amide bonds. The highest BCUT2D eigenvalue weighted by Crippen LogP contribution is 2.22. The highest BCUT2D eigenvalue weighted by Gasteiger charge is 2.24. The van der Waals surface area contributed by atoms with Gasteiger partial charge in [-0.1, -0.05) is 11.6 Å². The van der Waals surface area contributed by atoms with Crippen molar-refractivity contribution in [3.05, 3.63) is 41.6 Å². The van der Waals surface area contributed by atoms with Gasteiger partial charge in [0, 0.05) is 25.5 Å². The molecule has 0 spiro atoms. The van der Waals surface area contributed by atoms with Gasteiger partial charge in [0.25, 0.3) is 5.91 Å². The maximum atomic E-state index is 12.5. The normalized spacial score (nSPS) is 21.1. The number of carbonyl (C=O) groups excluding carboxylic acids is 1. The molecule has 0 saturated heterocycles. The standard InChI is InChI=1S/C16H19ClN4O2/c1-23-12-4-2-11(3-5-12)19-16(22)15-13(17)6-7-14(20-15)21-9-8-18-10-21/h6-12H,2-5H2,1H3,(H,19,22). The zero-order valence-corrected chi connectivity index (χ0v) is 13.7. The van der Waals surface area contributed by atoms with Crippen LogP contribution in [0, 0.1) is 0 Å². The predicted molar refractivity (Wildman–Crippen MR) is 86.9 cm³/mol. The summed E-state index contributed by atoms with van der Waals surface area (Å²) in [6.45, 7) is 0. The average molecular weight is 335 g/mol. The van der Waals surface area contributed by atoms with E-state index in [0.29, 0.717) is 16.9 Å². The second-order valence-electron chi connectivity index (χ2n) is 5.65. The quantitative estimate of drug-likeness (QED) is 0.933. The van der Waals surface area contributed by atoms with Crippen molar-refractivity contribution in [3.63, 3.8) is 0 Å². The summed E-state index contributed by atoms with van der Waals surface area (Å²) in [6.07, 6.45) is 9.08. The molecule has 1 aliphatic carbocycles. The predicted octanol–water partition coefficient (Wildman–Crippen LogP) is 2.61. The lowest BCUT2D eigenvalue weighted by Gasteiger charge is -2.28. The summed E-state index contributed by atoms with van der Waals surface area (Å²) in [5.74, 6) is 0.373. The van der Waals surface area contributed by atoms with Gasteiger partial charge in [0.1, 0.15) is 17.8 Å².